The van der Waals surface area contributed by atoms with Crippen molar-refractivity contribution in [3.05, 3.63) is 63.4 Å². The second-order valence-corrected chi connectivity index (χ2v) is 12.0. The van der Waals surface area contributed by atoms with Crippen molar-refractivity contribution in [2.45, 2.75) is 35.6 Å². The molecule has 0 aromatic heterocycles. The van der Waals surface area contributed by atoms with Gasteiger partial charge in [0.15, 0.2) is 11.5 Å². The molecule has 13 heteroatoms. The average molecular weight is 599 g/mol. The standard InChI is InChI=1S/C29H31ClN4O8/c1-33(2)16-9-14(12-6-5-7-13(30)8-12)20(35)17-15(16)10-27(41)11-28(32)23(34(3)4)22(37)18(26(31)40)24(38)29(28,42)25(39)19(27)21(17)36/h5-9,23,35-36,38,41-42H,10-11,32H2,1-4H3,(H2,31,40)/t23-,27-,28-,29-/m1/s1. The molecule has 0 spiro atoms. The van der Waals surface area contributed by atoms with Gasteiger partial charge in [0.25, 0.3) is 5.91 Å². The molecule has 12 nitrogen and oxygen atoms in total. The van der Waals surface area contributed by atoms with Crippen LogP contribution in [0.15, 0.2) is 47.2 Å². The van der Waals surface area contributed by atoms with Crippen LogP contribution in [0.1, 0.15) is 17.5 Å². The van der Waals surface area contributed by atoms with Crippen molar-refractivity contribution in [1.82, 2.24) is 4.90 Å². The number of rotatable bonds is 4. The van der Waals surface area contributed by atoms with Crippen molar-refractivity contribution >= 4 is 40.5 Å². The number of halogens is 1. The Labute approximate surface area is 245 Å². The molecule has 2 aromatic rings. The van der Waals surface area contributed by atoms with E-state index < -0.39 is 75.1 Å². The average Bonchev–Trinajstić information content (AvgIpc) is 2.85. The number of aliphatic hydroxyl groups excluding tert-OH is 2. The summed E-state index contributed by atoms with van der Waals surface area (Å²) in [6.07, 6.45) is -1.09. The van der Waals surface area contributed by atoms with Crippen LogP contribution in [0.4, 0.5) is 5.69 Å². The number of phenols is 1. The molecule has 0 radical (unpaired) electrons. The number of benzene rings is 2. The van der Waals surface area contributed by atoms with Crippen LogP contribution in [0.25, 0.3) is 16.9 Å². The lowest BCUT2D eigenvalue weighted by Crippen LogP contribution is -2.82. The number of anilines is 1. The number of phenolic OH excluding ortho intramolecular Hbond substituents is 1. The SMILES string of the molecule is CN(C)c1cc(-c2cccc(Cl)c2)c(O)c2c1C[C@@]1(O)C[C@@]3(N)[C@H](N(C)C)C(=O)C(C(N)=O)=C(O)[C@@]3(O)C(=O)C1=C2O. The van der Waals surface area contributed by atoms with Crippen molar-refractivity contribution in [3.63, 3.8) is 0 Å². The maximum absolute atomic E-state index is 14.2. The fraction of sp³-hybridized carbons (Fsp3) is 0.345. The molecule has 1 fully saturated rings. The van der Waals surface area contributed by atoms with Crippen LogP contribution in [0.2, 0.25) is 5.02 Å². The lowest BCUT2D eigenvalue weighted by molar-refractivity contribution is -0.166. The molecule has 9 N–H and O–H groups in total. The zero-order chi connectivity index (χ0) is 31.3. The minimum absolute atomic E-state index is 0.188. The van der Waals surface area contributed by atoms with E-state index in [0.29, 0.717) is 16.3 Å². The number of nitrogens with zero attached hydrogens (tertiary/aromatic N) is 2. The van der Waals surface area contributed by atoms with Gasteiger partial charge in [0, 0.05) is 43.2 Å². The molecule has 42 heavy (non-hydrogen) atoms. The van der Waals surface area contributed by atoms with Gasteiger partial charge in [0.2, 0.25) is 11.4 Å². The van der Waals surface area contributed by atoms with Crippen molar-refractivity contribution in [2.24, 2.45) is 11.5 Å². The van der Waals surface area contributed by atoms with Gasteiger partial charge in [-0.05, 0) is 43.4 Å². The number of Topliss-reactive ketones (excluding diaryl/α,β-unsaturated/α-hetero) is 2. The van der Waals surface area contributed by atoms with Gasteiger partial charge < -0.3 is 41.9 Å². The Morgan fingerprint density at radius 3 is 2.26 bits per heavy atom. The minimum Gasteiger partial charge on any atom is -0.508 e. The highest BCUT2D eigenvalue weighted by molar-refractivity contribution is 6.31. The van der Waals surface area contributed by atoms with E-state index in [9.17, 15) is 39.9 Å². The van der Waals surface area contributed by atoms with E-state index in [1.54, 1.807) is 49.3 Å². The molecule has 5 rings (SSSR count). The minimum atomic E-state index is -3.15. The number of hydrogen-bond donors (Lipinski definition) is 7. The molecule has 1 saturated carbocycles. The van der Waals surface area contributed by atoms with E-state index in [-0.39, 0.29) is 23.1 Å². The van der Waals surface area contributed by atoms with Crippen LogP contribution < -0.4 is 16.4 Å². The molecule has 0 aliphatic heterocycles. The lowest BCUT2D eigenvalue weighted by Gasteiger charge is -2.58. The number of aliphatic hydroxyl groups is 4. The predicted octanol–water partition coefficient (Wildman–Crippen LogP) is 0.547. The number of fused-ring (bicyclic) bond motifs is 3. The Balaban J connectivity index is 1.86. The highest BCUT2D eigenvalue weighted by Crippen LogP contribution is 2.57. The van der Waals surface area contributed by atoms with E-state index in [1.165, 1.54) is 19.0 Å². The number of amides is 1. The second kappa shape index (κ2) is 9.28. The molecule has 222 valence electrons. The highest BCUT2D eigenvalue weighted by atomic mass is 35.5. The number of carbonyl (C=O) groups is 3. The zero-order valence-electron chi connectivity index (χ0n) is 23.3. The largest absolute Gasteiger partial charge is 0.508 e. The summed E-state index contributed by atoms with van der Waals surface area (Å²) >= 11 is 6.18. The summed E-state index contributed by atoms with van der Waals surface area (Å²) in [6, 6.07) is 6.64. The summed E-state index contributed by atoms with van der Waals surface area (Å²) in [5.41, 5.74) is 3.72. The molecule has 0 heterocycles. The normalized spacial score (nSPS) is 28.9. The van der Waals surface area contributed by atoms with Gasteiger partial charge in [-0.25, -0.2) is 0 Å². The summed E-state index contributed by atoms with van der Waals surface area (Å²) in [6.45, 7) is 0. The van der Waals surface area contributed by atoms with E-state index in [2.05, 4.69) is 0 Å². The summed E-state index contributed by atoms with van der Waals surface area (Å²) in [5, 5.41) is 58.6. The van der Waals surface area contributed by atoms with Crippen molar-refractivity contribution < 1.29 is 39.9 Å². The van der Waals surface area contributed by atoms with Crippen molar-refractivity contribution in [1.29, 1.82) is 0 Å². The summed E-state index contributed by atoms with van der Waals surface area (Å²) in [5.74, 6) is -6.56. The number of primary amides is 1. The van der Waals surface area contributed by atoms with Crippen LogP contribution in [0.5, 0.6) is 5.75 Å². The van der Waals surface area contributed by atoms with Gasteiger partial charge >= 0.3 is 0 Å². The summed E-state index contributed by atoms with van der Waals surface area (Å²) in [7, 11) is 6.23. The van der Waals surface area contributed by atoms with Gasteiger partial charge in [0.1, 0.15) is 22.7 Å². The third-order valence-electron chi connectivity index (χ3n) is 8.55. The maximum atomic E-state index is 14.2. The number of hydrogen-bond acceptors (Lipinski definition) is 11. The third-order valence-corrected chi connectivity index (χ3v) is 8.78. The summed E-state index contributed by atoms with van der Waals surface area (Å²) in [4.78, 5) is 42.8. The fourth-order valence-electron chi connectivity index (χ4n) is 6.83. The van der Waals surface area contributed by atoms with Gasteiger partial charge in [-0.15, -0.1) is 0 Å². The van der Waals surface area contributed by atoms with Gasteiger partial charge in [-0.3, -0.25) is 19.3 Å². The van der Waals surface area contributed by atoms with E-state index in [1.807, 2.05) is 0 Å². The third kappa shape index (κ3) is 3.66. The molecule has 0 unspecified atom stereocenters. The number of carbonyl (C=O) groups excluding carboxylic acids is 3. The monoisotopic (exact) mass is 598 g/mol. The Morgan fingerprint density at radius 1 is 1.07 bits per heavy atom. The first-order valence-electron chi connectivity index (χ1n) is 12.9. The Morgan fingerprint density at radius 2 is 1.71 bits per heavy atom. The van der Waals surface area contributed by atoms with Crippen molar-refractivity contribution in [2.75, 3.05) is 33.1 Å². The smallest absolute Gasteiger partial charge is 0.255 e. The van der Waals surface area contributed by atoms with Crippen LogP contribution in [-0.2, 0) is 20.8 Å². The lowest BCUT2D eigenvalue weighted by atomic mass is 9.52. The molecule has 4 atom stereocenters. The van der Waals surface area contributed by atoms with Crippen molar-refractivity contribution in [3.8, 4) is 16.9 Å². The number of nitrogens with two attached hydrogens (primary N) is 2. The molecule has 0 saturated heterocycles. The van der Waals surface area contributed by atoms with E-state index in [0.717, 1.165) is 0 Å². The van der Waals surface area contributed by atoms with Crippen LogP contribution in [-0.4, -0.2) is 98.9 Å². The number of aromatic hydroxyl groups is 1. The van der Waals surface area contributed by atoms with Gasteiger partial charge in [-0.1, -0.05) is 23.7 Å². The molecule has 1 amide bonds. The molecule has 3 aliphatic carbocycles. The first kappa shape index (κ1) is 29.5. The van der Waals surface area contributed by atoms with Gasteiger partial charge in [0.05, 0.1) is 22.7 Å². The topological polar surface area (TPSA) is 211 Å². The molecular formula is C29H31ClN4O8. The molecular weight excluding hydrogens is 568 g/mol. The quantitative estimate of drug-likeness (QED) is 0.241. The Kier molecular flexibility index (Phi) is 6.53. The Hall–Kier alpha value is -3.94. The molecule has 2 aromatic carbocycles. The van der Waals surface area contributed by atoms with E-state index in [4.69, 9.17) is 23.1 Å². The van der Waals surface area contributed by atoms with Crippen LogP contribution in [0, 0.1) is 0 Å². The maximum Gasteiger partial charge on any atom is 0.255 e. The molecule has 3 aliphatic rings. The van der Waals surface area contributed by atoms with Gasteiger partial charge in [-0.2, -0.15) is 0 Å². The van der Waals surface area contributed by atoms with Crippen LogP contribution in [0.3, 0.4) is 0 Å². The summed E-state index contributed by atoms with van der Waals surface area (Å²) < 4.78 is 0. The number of likely N-dealkylation sites (N-methyl/N-ethyl adjacent to an activating group) is 1. The Bertz CT molecular complexity index is 1670. The first-order valence-corrected chi connectivity index (χ1v) is 13.3. The predicted molar refractivity (Wildman–Crippen MR) is 154 cm³/mol. The molecule has 0 bridgehead atoms. The second-order valence-electron chi connectivity index (χ2n) is 11.6. The number of ketones is 2. The first-order chi connectivity index (χ1) is 19.4. The van der Waals surface area contributed by atoms with E-state index >= 15 is 0 Å². The zero-order valence-corrected chi connectivity index (χ0v) is 24.0. The van der Waals surface area contributed by atoms with Crippen LogP contribution >= 0.6 is 11.6 Å². The fourth-order valence-corrected chi connectivity index (χ4v) is 7.02. The highest BCUT2D eigenvalue weighted by Gasteiger charge is 2.74.